The van der Waals surface area contributed by atoms with E-state index in [4.69, 9.17) is 25.8 Å². The molecule has 4 rings (SSSR count). The Morgan fingerprint density at radius 2 is 1.76 bits per heavy atom. The third kappa shape index (κ3) is 7.18. The van der Waals surface area contributed by atoms with Crippen LogP contribution >= 0.6 is 11.6 Å². The van der Waals surface area contributed by atoms with Gasteiger partial charge in [-0.15, -0.1) is 0 Å². The molecule has 1 aliphatic rings. The number of likely N-dealkylation sites (tertiary alicyclic amines) is 1. The van der Waals surface area contributed by atoms with Gasteiger partial charge in [0.25, 0.3) is 0 Å². The van der Waals surface area contributed by atoms with E-state index < -0.39 is 5.60 Å². The largest absolute Gasteiger partial charge is 0.493 e. The number of aromatic nitrogens is 2. The Bertz CT molecular complexity index is 1160. The van der Waals surface area contributed by atoms with Crippen molar-refractivity contribution >= 4 is 11.6 Å². The van der Waals surface area contributed by atoms with E-state index in [0.717, 1.165) is 77.4 Å². The van der Waals surface area contributed by atoms with Crippen molar-refractivity contribution in [3.63, 3.8) is 0 Å². The van der Waals surface area contributed by atoms with Gasteiger partial charge in [0.05, 0.1) is 13.7 Å². The molecule has 0 spiro atoms. The summed E-state index contributed by atoms with van der Waals surface area (Å²) < 4.78 is 19.7. The van der Waals surface area contributed by atoms with Gasteiger partial charge < -0.3 is 23.9 Å². The second kappa shape index (κ2) is 12.2. The molecule has 200 valence electrons. The van der Waals surface area contributed by atoms with E-state index >= 15 is 0 Å². The van der Waals surface area contributed by atoms with Crippen molar-refractivity contribution < 1.29 is 19.3 Å². The van der Waals surface area contributed by atoms with Gasteiger partial charge in [-0.05, 0) is 81.0 Å². The topological polar surface area (TPSA) is 69.0 Å². The van der Waals surface area contributed by atoms with E-state index in [0.29, 0.717) is 19.4 Å². The molecule has 8 heteroatoms. The molecule has 2 heterocycles. The summed E-state index contributed by atoms with van der Waals surface area (Å²) in [5.74, 6) is 3.26. The normalized spacial score (nSPS) is 15.5. The molecule has 1 aliphatic heterocycles. The minimum atomic E-state index is -0.831. The summed E-state index contributed by atoms with van der Waals surface area (Å²) in [6.07, 6.45) is 6.01. The number of aryl methyl sites for hydroxylation is 4. The maximum absolute atomic E-state index is 11.1. The highest BCUT2D eigenvalue weighted by Crippen LogP contribution is 2.31. The summed E-state index contributed by atoms with van der Waals surface area (Å²) in [5.41, 5.74) is 2.29. The summed E-state index contributed by atoms with van der Waals surface area (Å²) in [5, 5.41) is 11.8. The Kier molecular flexibility index (Phi) is 9.00. The molecule has 1 saturated heterocycles. The highest BCUT2D eigenvalue weighted by molar-refractivity contribution is 6.32. The van der Waals surface area contributed by atoms with E-state index in [-0.39, 0.29) is 6.61 Å². The van der Waals surface area contributed by atoms with Crippen LogP contribution in [0.15, 0.2) is 42.7 Å². The second-order valence-corrected chi connectivity index (χ2v) is 10.4. The maximum Gasteiger partial charge on any atom is 0.161 e. The number of hydrogen-bond acceptors (Lipinski definition) is 6. The predicted octanol–water partition coefficient (Wildman–Crippen LogP) is 5.35. The van der Waals surface area contributed by atoms with Crippen molar-refractivity contribution in [1.82, 2.24) is 14.5 Å². The third-order valence-electron chi connectivity index (χ3n) is 7.06. The Hall–Kier alpha value is -2.74. The minimum absolute atomic E-state index is 0.279. The SMILES string of the molecule is COc1cc(CN2CCC(O)(COc3cc(C)c(Cl)c(C)c3)CC2)ccc1OCCCn1ccnc1C. The summed E-state index contributed by atoms with van der Waals surface area (Å²) in [7, 11) is 1.67. The molecule has 37 heavy (non-hydrogen) atoms. The molecular formula is C29H38ClN3O4. The first kappa shape index (κ1) is 27.3. The quantitative estimate of drug-likeness (QED) is 0.339. The fourth-order valence-corrected chi connectivity index (χ4v) is 4.83. The zero-order valence-corrected chi connectivity index (χ0v) is 23.1. The maximum atomic E-state index is 11.1. The molecule has 0 unspecified atom stereocenters. The van der Waals surface area contributed by atoms with Crippen molar-refractivity contribution in [1.29, 1.82) is 0 Å². The predicted molar refractivity (Wildman–Crippen MR) is 146 cm³/mol. The molecule has 1 aromatic heterocycles. The lowest BCUT2D eigenvalue weighted by Crippen LogP contribution is -2.47. The Labute approximate surface area is 224 Å². The van der Waals surface area contributed by atoms with E-state index in [9.17, 15) is 5.11 Å². The number of piperidine rings is 1. The average molecular weight is 528 g/mol. The van der Waals surface area contributed by atoms with Gasteiger partial charge >= 0.3 is 0 Å². The third-order valence-corrected chi connectivity index (χ3v) is 7.66. The van der Waals surface area contributed by atoms with Gasteiger partial charge in [-0.25, -0.2) is 4.98 Å². The molecule has 0 bridgehead atoms. The molecule has 0 aliphatic carbocycles. The van der Waals surface area contributed by atoms with Crippen molar-refractivity contribution in [2.75, 3.05) is 33.4 Å². The number of benzene rings is 2. The average Bonchev–Trinajstić information content (AvgIpc) is 3.30. The first-order valence-corrected chi connectivity index (χ1v) is 13.3. The Balaban J connectivity index is 1.24. The van der Waals surface area contributed by atoms with Gasteiger partial charge in [0, 0.05) is 43.6 Å². The van der Waals surface area contributed by atoms with Gasteiger partial charge in [-0.2, -0.15) is 0 Å². The number of hydrogen-bond donors (Lipinski definition) is 1. The van der Waals surface area contributed by atoms with Crippen LogP contribution in [0.2, 0.25) is 5.02 Å². The molecule has 0 saturated carbocycles. The highest BCUT2D eigenvalue weighted by Gasteiger charge is 2.33. The van der Waals surface area contributed by atoms with E-state index in [1.807, 2.05) is 57.4 Å². The van der Waals surface area contributed by atoms with Gasteiger partial charge in [0.1, 0.15) is 23.8 Å². The molecule has 2 aromatic carbocycles. The number of ether oxygens (including phenoxy) is 3. The fourth-order valence-electron chi connectivity index (χ4n) is 4.72. The number of nitrogens with zero attached hydrogens (tertiary/aromatic N) is 3. The number of halogens is 1. The molecular weight excluding hydrogens is 490 g/mol. The summed E-state index contributed by atoms with van der Waals surface area (Å²) in [4.78, 5) is 6.61. The lowest BCUT2D eigenvalue weighted by atomic mass is 9.92. The molecule has 1 fully saturated rings. The fraction of sp³-hybridized carbons (Fsp3) is 0.483. The zero-order valence-electron chi connectivity index (χ0n) is 22.3. The number of imidazole rings is 1. The van der Waals surface area contributed by atoms with Crippen molar-refractivity contribution in [3.05, 3.63) is 70.3 Å². The molecule has 7 nitrogen and oxygen atoms in total. The van der Waals surface area contributed by atoms with Crippen LogP contribution in [0.1, 0.15) is 41.8 Å². The minimum Gasteiger partial charge on any atom is -0.493 e. The molecule has 0 radical (unpaired) electrons. The van der Waals surface area contributed by atoms with Crippen LogP contribution in [-0.2, 0) is 13.1 Å². The highest BCUT2D eigenvalue weighted by atomic mass is 35.5. The first-order valence-electron chi connectivity index (χ1n) is 12.9. The number of aliphatic hydroxyl groups is 1. The van der Waals surface area contributed by atoms with Crippen LogP contribution in [0, 0.1) is 20.8 Å². The molecule has 1 N–H and O–H groups in total. The van der Waals surface area contributed by atoms with E-state index in [2.05, 4.69) is 20.5 Å². The van der Waals surface area contributed by atoms with Crippen molar-refractivity contribution in [2.24, 2.45) is 0 Å². The van der Waals surface area contributed by atoms with E-state index in [1.54, 1.807) is 7.11 Å². The van der Waals surface area contributed by atoms with Crippen molar-refractivity contribution in [2.45, 2.75) is 58.7 Å². The van der Waals surface area contributed by atoms with Crippen LogP contribution in [0.4, 0.5) is 0 Å². The van der Waals surface area contributed by atoms with E-state index in [1.165, 1.54) is 0 Å². The smallest absolute Gasteiger partial charge is 0.161 e. The van der Waals surface area contributed by atoms with Crippen LogP contribution in [0.25, 0.3) is 0 Å². The van der Waals surface area contributed by atoms with Crippen LogP contribution < -0.4 is 14.2 Å². The van der Waals surface area contributed by atoms with Gasteiger partial charge in [-0.3, -0.25) is 4.90 Å². The molecule has 0 amide bonds. The zero-order chi connectivity index (χ0) is 26.4. The molecule has 3 aromatic rings. The summed E-state index contributed by atoms with van der Waals surface area (Å²) >= 11 is 6.26. The monoisotopic (exact) mass is 527 g/mol. The standard InChI is InChI=1S/C29H38ClN3O4/c1-21-16-25(17-22(2)28(21)30)37-20-29(34)8-12-32(13-9-29)19-24-6-7-26(27(18-24)35-4)36-15-5-11-33-14-10-31-23(33)3/h6-7,10,14,16-18,34H,5,8-9,11-13,15,19-20H2,1-4H3. The van der Waals surface area contributed by atoms with Gasteiger partial charge in [0.2, 0.25) is 0 Å². The lowest BCUT2D eigenvalue weighted by molar-refractivity contribution is -0.0537. The lowest BCUT2D eigenvalue weighted by Gasteiger charge is -2.38. The number of methoxy groups -OCH3 is 1. The Morgan fingerprint density at radius 1 is 1.03 bits per heavy atom. The van der Waals surface area contributed by atoms with Gasteiger partial charge in [-0.1, -0.05) is 17.7 Å². The molecule has 0 atom stereocenters. The van der Waals surface area contributed by atoms with Gasteiger partial charge in [0.15, 0.2) is 11.5 Å². The Morgan fingerprint density at radius 3 is 2.41 bits per heavy atom. The van der Waals surface area contributed by atoms with Crippen LogP contribution in [-0.4, -0.2) is 58.6 Å². The van der Waals surface area contributed by atoms with Crippen molar-refractivity contribution in [3.8, 4) is 17.2 Å². The summed E-state index contributed by atoms with van der Waals surface area (Å²) in [6.45, 7) is 10.1. The summed E-state index contributed by atoms with van der Waals surface area (Å²) in [6, 6.07) is 9.97. The van der Waals surface area contributed by atoms with Crippen LogP contribution in [0.5, 0.6) is 17.2 Å². The number of rotatable bonds is 11. The second-order valence-electron chi connectivity index (χ2n) is 10.0. The first-order chi connectivity index (χ1) is 17.8. The van der Waals surface area contributed by atoms with Crippen LogP contribution in [0.3, 0.4) is 0 Å².